The van der Waals surface area contributed by atoms with Crippen LogP contribution in [0.15, 0.2) is 0 Å². The van der Waals surface area contributed by atoms with Gasteiger partial charge >= 0.3 is 11.7 Å². The Morgan fingerprint density at radius 2 is 1.84 bits per heavy atom. The van der Waals surface area contributed by atoms with E-state index in [1.807, 2.05) is 0 Å². The maximum absolute atomic E-state index is 12.3. The van der Waals surface area contributed by atoms with Gasteiger partial charge in [0, 0.05) is 4.88 Å². The van der Waals surface area contributed by atoms with Gasteiger partial charge in [-0.1, -0.05) is 0 Å². The third kappa shape index (κ3) is 4.37. The van der Waals surface area contributed by atoms with Crippen LogP contribution in [0.3, 0.4) is 0 Å². The molecule has 0 saturated carbocycles. The van der Waals surface area contributed by atoms with Crippen molar-refractivity contribution < 1.29 is 27.0 Å². The summed E-state index contributed by atoms with van der Waals surface area (Å²) in [7, 11) is 3.95. The number of hydrogen-bond acceptors (Lipinski definition) is 10. The summed E-state index contributed by atoms with van der Waals surface area (Å²) in [6, 6.07) is 0. The number of carbonyl (C=O) groups excluding carboxylic acids is 1. The Hall–Kier alpha value is -0.250. The normalized spacial score (nSPS) is 11.4. The Balaban J connectivity index is 3.04. The van der Waals surface area contributed by atoms with Crippen LogP contribution in [-0.4, -0.2) is 31.7 Å². The molecule has 1 heterocycles. The standard InChI is InChI=1S/C8H12NO6PS3/c1-5-6(8(10)12-2)7(9-17-5)15-16(11,18-13-3)19-14-4/h1-4H3. The zero-order valence-electron chi connectivity index (χ0n) is 10.6. The minimum Gasteiger partial charge on any atom is -0.465 e. The predicted molar refractivity (Wildman–Crippen MR) is 75.6 cm³/mol. The van der Waals surface area contributed by atoms with Crippen LogP contribution in [0, 0.1) is 6.92 Å². The molecule has 7 nitrogen and oxygen atoms in total. The molecule has 0 atom stereocenters. The van der Waals surface area contributed by atoms with Gasteiger partial charge in [0.1, 0.15) is 28.9 Å². The van der Waals surface area contributed by atoms with E-state index in [-0.39, 0.29) is 11.4 Å². The number of esters is 1. The summed E-state index contributed by atoms with van der Waals surface area (Å²) in [6.07, 6.45) is 0. The van der Waals surface area contributed by atoms with E-state index in [0.29, 0.717) is 28.2 Å². The van der Waals surface area contributed by atoms with Crippen molar-refractivity contribution >= 4 is 46.6 Å². The zero-order valence-corrected chi connectivity index (χ0v) is 13.9. The first-order valence-electron chi connectivity index (χ1n) is 4.76. The van der Waals surface area contributed by atoms with Crippen LogP contribution in [0.1, 0.15) is 15.2 Å². The van der Waals surface area contributed by atoms with Crippen molar-refractivity contribution in [1.29, 1.82) is 0 Å². The first-order valence-corrected chi connectivity index (χ1v) is 9.85. The van der Waals surface area contributed by atoms with Crippen LogP contribution in [0.4, 0.5) is 0 Å². The molecule has 0 aliphatic heterocycles. The molecule has 108 valence electrons. The number of aryl methyl sites for hydroxylation is 1. The van der Waals surface area contributed by atoms with E-state index in [4.69, 9.17) is 12.9 Å². The highest BCUT2D eigenvalue weighted by Gasteiger charge is 2.33. The highest BCUT2D eigenvalue weighted by molar-refractivity contribution is 8.87. The summed E-state index contributed by atoms with van der Waals surface area (Å²) >= 11 is 2.29. The monoisotopic (exact) mass is 345 g/mol. The molecule has 0 amide bonds. The second-order valence-electron chi connectivity index (χ2n) is 2.93. The van der Waals surface area contributed by atoms with Crippen LogP contribution >= 0.6 is 40.6 Å². The molecular weight excluding hydrogens is 333 g/mol. The van der Waals surface area contributed by atoms with Crippen molar-refractivity contribution in [3.8, 4) is 5.88 Å². The molecule has 0 spiro atoms. The molecule has 0 N–H and O–H groups in total. The Bertz CT molecular complexity index is 483. The Labute approximate surface area is 122 Å². The van der Waals surface area contributed by atoms with E-state index in [2.05, 4.69) is 9.11 Å². The van der Waals surface area contributed by atoms with Gasteiger partial charge in [0.25, 0.3) is 0 Å². The number of carbonyl (C=O) groups is 1. The Morgan fingerprint density at radius 1 is 1.26 bits per heavy atom. The quantitative estimate of drug-likeness (QED) is 0.420. The maximum atomic E-state index is 12.3. The van der Waals surface area contributed by atoms with Gasteiger partial charge in [0.15, 0.2) is 0 Å². The minimum atomic E-state index is -3.38. The third-order valence-electron chi connectivity index (χ3n) is 1.75. The van der Waals surface area contributed by atoms with Gasteiger partial charge in [0.05, 0.1) is 21.3 Å². The minimum absolute atomic E-state index is 0.0493. The topological polar surface area (TPSA) is 84.0 Å². The summed E-state index contributed by atoms with van der Waals surface area (Å²) in [5, 5.41) is 0. The molecule has 0 unspecified atom stereocenters. The van der Waals surface area contributed by atoms with Crippen molar-refractivity contribution in [2.75, 3.05) is 21.3 Å². The van der Waals surface area contributed by atoms with E-state index in [1.165, 1.54) is 21.3 Å². The number of rotatable bonds is 7. The van der Waals surface area contributed by atoms with Gasteiger partial charge in [-0.15, -0.1) is 0 Å². The number of hydrogen-bond donors (Lipinski definition) is 0. The number of aromatic nitrogens is 1. The average molecular weight is 345 g/mol. The summed E-state index contributed by atoms with van der Waals surface area (Å²) in [6.45, 7) is 1.69. The Morgan fingerprint density at radius 3 is 2.32 bits per heavy atom. The lowest BCUT2D eigenvalue weighted by atomic mass is 10.3. The average Bonchev–Trinajstić information content (AvgIpc) is 2.70. The Kier molecular flexibility index (Phi) is 6.64. The van der Waals surface area contributed by atoms with Crippen molar-refractivity contribution in [2.24, 2.45) is 0 Å². The van der Waals surface area contributed by atoms with E-state index < -0.39 is 11.7 Å². The molecule has 1 aromatic rings. The van der Waals surface area contributed by atoms with E-state index in [9.17, 15) is 9.36 Å². The highest BCUT2D eigenvalue weighted by Crippen LogP contribution is 2.69. The van der Waals surface area contributed by atoms with Crippen LogP contribution in [-0.2, 0) is 17.7 Å². The summed E-state index contributed by atoms with van der Waals surface area (Å²) in [5.74, 6) is -4.03. The molecule has 0 aliphatic rings. The fourth-order valence-corrected chi connectivity index (χ4v) is 5.63. The molecular formula is C8H12NO6PS3. The highest BCUT2D eigenvalue weighted by atomic mass is 33.1. The molecule has 0 fully saturated rings. The number of methoxy groups -OCH3 is 1. The molecule has 19 heavy (non-hydrogen) atoms. The molecule has 0 aliphatic carbocycles. The summed E-state index contributed by atoms with van der Waals surface area (Å²) < 4.78 is 35.7. The molecule has 11 heteroatoms. The van der Waals surface area contributed by atoms with Gasteiger partial charge in [-0.05, 0) is 18.5 Å². The van der Waals surface area contributed by atoms with Crippen LogP contribution in [0.25, 0.3) is 0 Å². The summed E-state index contributed by atoms with van der Waals surface area (Å²) in [4.78, 5) is 12.2. The smallest absolute Gasteiger partial charge is 0.413 e. The lowest BCUT2D eigenvalue weighted by Gasteiger charge is -2.13. The second-order valence-corrected chi connectivity index (χ2v) is 10.4. The molecule has 0 saturated heterocycles. The summed E-state index contributed by atoms with van der Waals surface area (Å²) in [5.41, 5.74) is 0.154. The fourth-order valence-electron chi connectivity index (χ4n) is 1.08. The van der Waals surface area contributed by atoms with E-state index in [0.717, 1.165) is 11.5 Å². The predicted octanol–water partition coefficient (Wildman–Crippen LogP) is 3.31. The van der Waals surface area contributed by atoms with Gasteiger partial charge in [-0.3, -0.25) is 0 Å². The zero-order chi connectivity index (χ0) is 14.5. The number of ether oxygens (including phenoxy) is 1. The van der Waals surface area contributed by atoms with Gasteiger partial charge < -0.3 is 17.6 Å². The third-order valence-corrected chi connectivity index (χ3v) is 7.08. The van der Waals surface area contributed by atoms with Crippen LogP contribution in [0.5, 0.6) is 5.88 Å². The SMILES string of the molecule is COSP(=O)(Oc1nsc(C)c1C(=O)OC)SOC. The maximum Gasteiger partial charge on any atom is 0.413 e. The van der Waals surface area contributed by atoms with Gasteiger partial charge in [0.2, 0.25) is 5.88 Å². The first kappa shape index (κ1) is 16.8. The number of nitrogens with zero attached hydrogens (tertiary/aromatic N) is 1. The van der Waals surface area contributed by atoms with E-state index >= 15 is 0 Å². The van der Waals surface area contributed by atoms with Gasteiger partial charge in [-0.2, -0.15) is 4.37 Å². The molecule has 0 bridgehead atoms. The molecule has 1 rings (SSSR count). The van der Waals surface area contributed by atoms with Crippen LogP contribution < -0.4 is 4.52 Å². The van der Waals surface area contributed by atoms with Crippen molar-refractivity contribution in [1.82, 2.24) is 4.37 Å². The lowest BCUT2D eigenvalue weighted by Crippen LogP contribution is -2.04. The molecule has 0 aromatic carbocycles. The lowest BCUT2D eigenvalue weighted by molar-refractivity contribution is 0.0598. The molecule has 1 aromatic heterocycles. The fraction of sp³-hybridized carbons (Fsp3) is 0.500. The first-order chi connectivity index (χ1) is 8.97. The molecule has 0 radical (unpaired) electrons. The largest absolute Gasteiger partial charge is 0.465 e. The van der Waals surface area contributed by atoms with Crippen molar-refractivity contribution in [3.63, 3.8) is 0 Å². The van der Waals surface area contributed by atoms with E-state index in [1.54, 1.807) is 6.92 Å². The van der Waals surface area contributed by atoms with Crippen molar-refractivity contribution in [2.45, 2.75) is 6.92 Å². The van der Waals surface area contributed by atoms with Gasteiger partial charge in [-0.25, -0.2) is 9.36 Å². The van der Waals surface area contributed by atoms with Crippen molar-refractivity contribution in [3.05, 3.63) is 10.4 Å². The van der Waals surface area contributed by atoms with Crippen LogP contribution in [0.2, 0.25) is 0 Å². The second kappa shape index (κ2) is 7.51.